The Morgan fingerprint density at radius 2 is 1.92 bits per heavy atom. The Morgan fingerprint density at radius 1 is 1.20 bits per heavy atom. The maximum Gasteiger partial charge on any atom is 0.223 e. The highest BCUT2D eigenvalue weighted by Gasteiger charge is 2.27. The third-order valence-corrected chi connectivity index (χ3v) is 5.98. The van der Waals surface area contributed by atoms with Gasteiger partial charge in [-0.2, -0.15) is 0 Å². The van der Waals surface area contributed by atoms with Crippen molar-refractivity contribution in [3.05, 3.63) is 57.8 Å². The van der Waals surface area contributed by atoms with Crippen LogP contribution >= 0.6 is 11.3 Å². The zero-order valence-corrected chi connectivity index (χ0v) is 16.1. The van der Waals surface area contributed by atoms with Crippen LogP contribution < -0.4 is 10.6 Å². The van der Waals surface area contributed by atoms with Gasteiger partial charge in [-0.15, -0.1) is 11.3 Å². The monoisotopic (exact) mass is 356 g/mol. The second-order valence-electron chi connectivity index (χ2n) is 7.35. The first-order valence-corrected chi connectivity index (χ1v) is 10.1. The van der Waals surface area contributed by atoms with Gasteiger partial charge in [-0.3, -0.25) is 4.79 Å². The molecule has 4 heteroatoms. The molecule has 0 spiro atoms. The quantitative estimate of drug-likeness (QED) is 0.830. The van der Waals surface area contributed by atoms with Crippen molar-refractivity contribution in [1.29, 1.82) is 0 Å². The molecule has 1 aliphatic rings. The minimum atomic E-state index is -0.0566. The number of hydrogen-bond acceptors (Lipinski definition) is 3. The average Bonchev–Trinajstić information content (AvgIpc) is 3.14. The summed E-state index contributed by atoms with van der Waals surface area (Å²) in [5.41, 5.74) is 2.48. The van der Waals surface area contributed by atoms with Crippen LogP contribution in [0.5, 0.6) is 0 Å². The van der Waals surface area contributed by atoms with Crippen molar-refractivity contribution >= 4 is 17.2 Å². The molecule has 3 rings (SSSR count). The van der Waals surface area contributed by atoms with Crippen LogP contribution in [0.4, 0.5) is 0 Å². The Kier molecular flexibility index (Phi) is 5.92. The van der Waals surface area contributed by atoms with Crippen LogP contribution in [-0.4, -0.2) is 18.5 Å². The molecule has 2 heterocycles. The van der Waals surface area contributed by atoms with Gasteiger partial charge in [0.2, 0.25) is 5.91 Å². The third-order valence-electron chi connectivity index (χ3n) is 5.05. The molecule has 0 bridgehead atoms. The van der Waals surface area contributed by atoms with Gasteiger partial charge in [0, 0.05) is 16.8 Å². The first kappa shape index (κ1) is 18.2. The summed E-state index contributed by atoms with van der Waals surface area (Å²) in [6.45, 7) is 7.48. The van der Waals surface area contributed by atoms with Crippen molar-refractivity contribution in [2.75, 3.05) is 6.54 Å². The summed E-state index contributed by atoms with van der Waals surface area (Å²) in [4.78, 5) is 14.1. The van der Waals surface area contributed by atoms with Crippen molar-refractivity contribution in [1.82, 2.24) is 10.6 Å². The molecule has 1 aliphatic heterocycles. The number of piperidine rings is 1. The summed E-state index contributed by atoms with van der Waals surface area (Å²) in [5.74, 6) is 0.799. The first-order chi connectivity index (χ1) is 12.0. The summed E-state index contributed by atoms with van der Waals surface area (Å²) in [7, 11) is 0. The largest absolute Gasteiger partial charge is 0.344 e. The molecule has 0 radical (unpaired) electrons. The third kappa shape index (κ3) is 4.50. The summed E-state index contributed by atoms with van der Waals surface area (Å²) in [6, 6.07) is 13.2. The molecule has 2 N–H and O–H groups in total. The molecule has 0 aliphatic carbocycles. The molecule has 1 amide bonds. The second kappa shape index (κ2) is 8.15. The van der Waals surface area contributed by atoms with E-state index >= 15 is 0 Å². The number of hydrogen-bond donors (Lipinski definition) is 2. The number of benzene rings is 1. The second-order valence-corrected chi connectivity index (χ2v) is 8.33. The highest BCUT2D eigenvalue weighted by atomic mass is 32.1. The Morgan fingerprint density at radius 3 is 2.52 bits per heavy atom. The van der Waals surface area contributed by atoms with Crippen molar-refractivity contribution in [2.45, 2.75) is 51.6 Å². The highest BCUT2D eigenvalue weighted by Crippen LogP contribution is 2.28. The van der Waals surface area contributed by atoms with E-state index in [0.29, 0.717) is 12.0 Å². The van der Waals surface area contributed by atoms with Gasteiger partial charge in [0.1, 0.15) is 0 Å². The molecule has 0 saturated carbocycles. The zero-order chi connectivity index (χ0) is 17.8. The fourth-order valence-corrected chi connectivity index (χ4v) is 4.28. The van der Waals surface area contributed by atoms with Crippen LogP contribution in [0.25, 0.3) is 0 Å². The van der Waals surface area contributed by atoms with Crippen LogP contribution in [0.2, 0.25) is 0 Å². The van der Waals surface area contributed by atoms with Gasteiger partial charge in [0.15, 0.2) is 0 Å². The van der Waals surface area contributed by atoms with Crippen LogP contribution in [0.15, 0.2) is 41.8 Å². The standard InChI is InChI=1S/C21H28N2OS/c1-14(2)16-6-8-17(9-7-16)20(19-5-4-12-25-19)23-21(24)18-10-11-22-15(3)13-18/h4-9,12,14-15,18,20,22H,10-11,13H2,1-3H3,(H,23,24)/t15-,18-,20?/m0/s1. The maximum absolute atomic E-state index is 12.9. The molecule has 1 unspecified atom stereocenters. The van der Waals surface area contributed by atoms with Crippen molar-refractivity contribution in [2.24, 2.45) is 5.92 Å². The minimum Gasteiger partial charge on any atom is -0.344 e. The molecule has 1 aromatic carbocycles. The smallest absolute Gasteiger partial charge is 0.223 e. The lowest BCUT2D eigenvalue weighted by Crippen LogP contribution is -2.43. The average molecular weight is 357 g/mol. The van der Waals surface area contributed by atoms with E-state index in [4.69, 9.17) is 0 Å². The van der Waals surface area contributed by atoms with E-state index in [1.54, 1.807) is 11.3 Å². The van der Waals surface area contributed by atoms with E-state index in [1.165, 1.54) is 10.4 Å². The van der Waals surface area contributed by atoms with Crippen LogP contribution in [0.1, 0.15) is 61.6 Å². The first-order valence-electron chi connectivity index (χ1n) is 9.21. The molecule has 134 valence electrons. The number of thiophene rings is 1. The van der Waals surface area contributed by atoms with Gasteiger partial charge in [-0.1, -0.05) is 44.2 Å². The Hall–Kier alpha value is -1.65. The van der Waals surface area contributed by atoms with Crippen LogP contribution in [0.3, 0.4) is 0 Å². The van der Waals surface area contributed by atoms with E-state index in [9.17, 15) is 4.79 Å². The summed E-state index contributed by atoms with van der Waals surface area (Å²) < 4.78 is 0. The number of carbonyl (C=O) groups is 1. The van der Waals surface area contributed by atoms with Gasteiger partial charge >= 0.3 is 0 Å². The molecule has 1 fully saturated rings. The predicted octanol–water partition coefficient (Wildman–Crippen LogP) is 4.47. The molecular formula is C21H28N2OS. The van der Waals surface area contributed by atoms with E-state index in [0.717, 1.165) is 24.9 Å². The van der Waals surface area contributed by atoms with Gasteiger partial charge in [0.05, 0.1) is 6.04 Å². The summed E-state index contributed by atoms with van der Waals surface area (Å²) in [6.07, 6.45) is 1.83. The SMILES string of the molecule is CC(C)c1ccc(C(NC(=O)[C@H]2CCN[C@@H](C)C2)c2cccs2)cc1. The van der Waals surface area contributed by atoms with Crippen LogP contribution in [0, 0.1) is 5.92 Å². The Bertz CT molecular complexity index is 678. The molecule has 1 saturated heterocycles. The lowest BCUT2D eigenvalue weighted by atomic mass is 9.91. The molecule has 3 nitrogen and oxygen atoms in total. The van der Waals surface area contributed by atoms with E-state index < -0.39 is 0 Å². The lowest BCUT2D eigenvalue weighted by molar-refractivity contribution is -0.126. The van der Waals surface area contributed by atoms with Gasteiger partial charge in [0.25, 0.3) is 0 Å². The van der Waals surface area contributed by atoms with E-state index in [1.807, 2.05) is 6.07 Å². The van der Waals surface area contributed by atoms with Crippen LogP contribution in [-0.2, 0) is 4.79 Å². The summed E-state index contributed by atoms with van der Waals surface area (Å²) in [5, 5.41) is 8.81. The van der Waals surface area contributed by atoms with Crippen molar-refractivity contribution in [3.8, 4) is 0 Å². The van der Waals surface area contributed by atoms with Gasteiger partial charge in [-0.25, -0.2) is 0 Å². The van der Waals surface area contributed by atoms with Gasteiger partial charge < -0.3 is 10.6 Å². The number of carbonyl (C=O) groups excluding carboxylic acids is 1. The normalized spacial score (nSPS) is 21.9. The van der Waals surface area contributed by atoms with Crippen molar-refractivity contribution in [3.63, 3.8) is 0 Å². The molecule has 1 aromatic heterocycles. The number of amides is 1. The number of nitrogens with one attached hydrogen (secondary N) is 2. The van der Waals surface area contributed by atoms with E-state index in [2.05, 4.69) is 67.1 Å². The van der Waals surface area contributed by atoms with E-state index in [-0.39, 0.29) is 17.9 Å². The molecule has 25 heavy (non-hydrogen) atoms. The lowest BCUT2D eigenvalue weighted by Gasteiger charge is -2.29. The Labute approximate surface area is 154 Å². The highest BCUT2D eigenvalue weighted by molar-refractivity contribution is 7.10. The number of rotatable bonds is 5. The predicted molar refractivity (Wildman–Crippen MR) is 105 cm³/mol. The molecular weight excluding hydrogens is 328 g/mol. The topological polar surface area (TPSA) is 41.1 Å². The fraction of sp³-hybridized carbons (Fsp3) is 0.476. The molecule has 2 aromatic rings. The fourth-order valence-electron chi connectivity index (χ4n) is 3.48. The van der Waals surface area contributed by atoms with Gasteiger partial charge in [-0.05, 0) is 54.8 Å². The van der Waals surface area contributed by atoms with Crippen molar-refractivity contribution < 1.29 is 4.79 Å². The minimum absolute atomic E-state index is 0.0566. The zero-order valence-electron chi connectivity index (χ0n) is 15.3. The maximum atomic E-state index is 12.9. The molecule has 3 atom stereocenters. The summed E-state index contributed by atoms with van der Waals surface area (Å²) >= 11 is 1.70. The Balaban J connectivity index is 1.79.